The Labute approximate surface area is 125 Å². The number of benzene rings is 1. The molecule has 8 heteroatoms. The molecule has 7 nitrogen and oxygen atoms in total. The van der Waals surface area contributed by atoms with Crippen molar-refractivity contribution in [3.63, 3.8) is 0 Å². The molecule has 1 aromatic heterocycles. The van der Waals surface area contributed by atoms with Crippen molar-refractivity contribution >= 4 is 29.2 Å². The number of hydrogen-bond acceptors (Lipinski definition) is 5. The first kappa shape index (κ1) is 15.0. The summed E-state index contributed by atoms with van der Waals surface area (Å²) in [5.41, 5.74) is 1.25. The number of amides is 1. The average Bonchev–Trinajstić information content (AvgIpc) is 2.80. The van der Waals surface area contributed by atoms with Crippen molar-refractivity contribution in [3.8, 4) is 0 Å². The Bertz CT molecular complexity index is 684. The Kier molecular flexibility index (Phi) is 4.59. The SMILES string of the molecule is CSc1cccc(NC(=O)Cn2nc([N+](=O)[O-])cc2C)c1. The monoisotopic (exact) mass is 306 g/mol. The van der Waals surface area contributed by atoms with E-state index in [0.717, 1.165) is 4.90 Å². The lowest BCUT2D eigenvalue weighted by Crippen LogP contribution is -2.20. The van der Waals surface area contributed by atoms with Gasteiger partial charge in [-0.15, -0.1) is 11.8 Å². The summed E-state index contributed by atoms with van der Waals surface area (Å²) in [5.74, 6) is -0.543. The molecule has 0 bridgehead atoms. The van der Waals surface area contributed by atoms with Crippen LogP contribution in [0, 0.1) is 17.0 Å². The summed E-state index contributed by atoms with van der Waals surface area (Å²) >= 11 is 1.58. The molecule has 110 valence electrons. The zero-order valence-electron chi connectivity index (χ0n) is 11.6. The minimum atomic E-state index is -0.580. The number of carbonyl (C=O) groups is 1. The first-order chi connectivity index (χ1) is 9.99. The quantitative estimate of drug-likeness (QED) is 0.520. The highest BCUT2D eigenvalue weighted by Crippen LogP contribution is 2.19. The molecule has 0 radical (unpaired) electrons. The molecule has 0 unspecified atom stereocenters. The van der Waals surface area contributed by atoms with E-state index in [-0.39, 0.29) is 18.3 Å². The number of anilines is 1. The number of rotatable bonds is 5. The van der Waals surface area contributed by atoms with E-state index in [1.165, 1.54) is 10.7 Å². The molecule has 0 aliphatic heterocycles. The number of thioether (sulfide) groups is 1. The third-order valence-corrected chi connectivity index (χ3v) is 3.53. The number of aromatic nitrogens is 2. The van der Waals surface area contributed by atoms with E-state index in [9.17, 15) is 14.9 Å². The maximum atomic E-state index is 12.0. The van der Waals surface area contributed by atoms with Gasteiger partial charge in [-0.3, -0.25) is 4.79 Å². The smallest absolute Gasteiger partial charge is 0.358 e. The summed E-state index contributed by atoms with van der Waals surface area (Å²) < 4.78 is 1.31. The third kappa shape index (κ3) is 3.82. The summed E-state index contributed by atoms with van der Waals surface area (Å²) in [4.78, 5) is 23.1. The van der Waals surface area contributed by atoms with Crippen LogP contribution >= 0.6 is 11.8 Å². The number of hydrogen-bond donors (Lipinski definition) is 1. The van der Waals surface area contributed by atoms with Gasteiger partial charge in [-0.2, -0.15) is 4.68 Å². The minimum absolute atomic E-state index is 0.0663. The van der Waals surface area contributed by atoms with Gasteiger partial charge in [0, 0.05) is 10.6 Å². The van der Waals surface area contributed by atoms with Crippen LogP contribution < -0.4 is 5.32 Å². The molecule has 0 atom stereocenters. The predicted octanol–water partition coefficient (Wildman–Crippen LogP) is 2.46. The van der Waals surface area contributed by atoms with E-state index in [2.05, 4.69) is 10.4 Å². The standard InChI is InChI=1S/C13H14N4O3S/c1-9-6-12(17(19)20)15-16(9)8-13(18)14-10-4-3-5-11(7-10)21-2/h3-7H,8H2,1-2H3,(H,14,18). The maximum absolute atomic E-state index is 12.0. The zero-order chi connectivity index (χ0) is 15.4. The van der Waals surface area contributed by atoms with Gasteiger partial charge in [-0.1, -0.05) is 6.07 Å². The Balaban J connectivity index is 2.06. The number of nitrogens with one attached hydrogen (secondary N) is 1. The Morgan fingerprint density at radius 3 is 2.86 bits per heavy atom. The van der Waals surface area contributed by atoms with Crippen LogP contribution in [0.15, 0.2) is 35.2 Å². The molecule has 1 N–H and O–H groups in total. The molecule has 21 heavy (non-hydrogen) atoms. The highest BCUT2D eigenvalue weighted by Gasteiger charge is 2.17. The Morgan fingerprint density at radius 2 is 2.24 bits per heavy atom. The van der Waals surface area contributed by atoms with E-state index < -0.39 is 4.92 Å². The fourth-order valence-electron chi connectivity index (χ4n) is 1.78. The molecular formula is C13H14N4O3S. The van der Waals surface area contributed by atoms with Crippen molar-refractivity contribution in [3.05, 3.63) is 46.1 Å². The van der Waals surface area contributed by atoms with Crippen molar-refractivity contribution in [2.45, 2.75) is 18.4 Å². The van der Waals surface area contributed by atoms with Gasteiger partial charge in [0.25, 0.3) is 0 Å². The van der Waals surface area contributed by atoms with Gasteiger partial charge in [-0.05, 0) is 36.3 Å². The van der Waals surface area contributed by atoms with Crippen LogP contribution in [-0.4, -0.2) is 26.9 Å². The van der Waals surface area contributed by atoms with Gasteiger partial charge >= 0.3 is 5.82 Å². The largest absolute Gasteiger partial charge is 0.390 e. The van der Waals surface area contributed by atoms with E-state index >= 15 is 0 Å². The number of aryl methyl sites for hydroxylation is 1. The summed E-state index contributed by atoms with van der Waals surface area (Å²) in [6.07, 6.45) is 1.95. The molecule has 2 aromatic rings. The molecule has 0 aliphatic rings. The second-order valence-electron chi connectivity index (χ2n) is 4.34. The minimum Gasteiger partial charge on any atom is -0.358 e. The second kappa shape index (κ2) is 6.40. The van der Waals surface area contributed by atoms with Crippen LogP contribution in [0.4, 0.5) is 11.5 Å². The molecule has 0 fully saturated rings. The van der Waals surface area contributed by atoms with Crippen LogP contribution in [0.2, 0.25) is 0 Å². The van der Waals surface area contributed by atoms with Gasteiger partial charge in [-0.25, -0.2) is 0 Å². The van der Waals surface area contributed by atoms with Crippen LogP contribution in [-0.2, 0) is 11.3 Å². The van der Waals surface area contributed by atoms with Crippen molar-refractivity contribution in [2.24, 2.45) is 0 Å². The van der Waals surface area contributed by atoms with Crippen LogP contribution in [0.5, 0.6) is 0 Å². The molecule has 2 rings (SSSR count). The number of nitro groups is 1. The summed E-state index contributed by atoms with van der Waals surface area (Å²) in [7, 11) is 0. The average molecular weight is 306 g/mol. The molecular weight excluding hydrogens is 292 g/mol. The lowest BCUT2D eigenvalue weighted by Gasteiger charge is -2.06. The molecule has 1 amide bonds. The van der Waals surface area contributed by atoms with Crippen LogP contribution in [0.1, 0.15) is 5.69 Å². The topological polar surface area (TPSA) is 90.1 Å². The fourth-order valence-corrected chi connectivity index (χ4v) is 2.24. The van der Waals surface area contributed by atoms with Gasteiger partial charge in [0.1, 0.15) is 6.54 Å². The molecule has 0 aliphatic carbocycles. The van der Waals surface area contributed by atoms with Crippen LogP contribution in [0.25, 0.3) is 0 Å². The Morgan fingerprint density at radius 1 is 1.48 bits per heavy atom. The second-order valence-corrected chi connectivity index (χ2v) is 5.22. The zero-order valence-corrected chi connectivity index (χ0v) is 12.4. The van der Waals surface area contributed by atoms with Crippen molar-refractivity contribution in [1.82, 2.24) is 9.78 Å². The highest BCUT2D eigenvalue weighted by molar-refractivity contribution is 7.98. The number of carbonyl (C=O) groups excluding carboxylic acids is 1. The molecule has 0 saturated carbocycles. The molecule has 1 heterocycles. The van der Waals surface area contributed by atoms with Crippen molar-refractivity contribution < 1.29 is 9.72 Å². The molecule has 0 spiro atoms. The molecule has 0 saturated heterocycles. The van der Waals surface area contributed by atoms with Gasteiger partial charge in [0.2, 0.25) is 5.91 Å². The maximum Gasteiger partial charge on any atom is 0.390 e. The predicted molar refractivity (Wildman–Crippen MR) is 80.5 cm³/mol. The van der Waals surface area contributed by atoms with Crippen LogP contribution in [0.3, 0.4) is 0 Å². The third-order valence-electron chi connectivity index (χ3n) is 2.80. The van der Waals surface area contributed by atoms with E-state index in [4.69, 9.17) is 0 Å². The summed E-state index contributed by atoms with van der Waals surface area (Å²) in [5, 5.41) is 17.2. The molecule has 1 aromatic carbocycles. The summed E-state index contributed by atoms with van der Waals surface area (Å²) in [6.45, 7) is 1.60. The first-order valence-electron chi connectivity index (χ1n) is 6.12. The van der Waals surface area contributed by atoms with Gasteiger partial charge in [0.15, 0.2) is 0 Å². The normalized spacial score (nSPS) is 10.4. The lowest BCUT2D eigenvalue weighted by atomic mass is 10.3. The number of nitrogens with zero attached hydrogens (tertiary/aromatic N) is 3. The van der Waals surface area contributed by atoms with Crippen molar-refractivity contribution in [2.75, 3.05) is 11.6 Å². The summed E-state index contributed by atoms with van der Waals surface area (Å²) in [6, 6.07) is 8.78. The first-order valence-corrected chi connectivity index (χ1v) is 7.35. The van der Waals surface area contributed by atoms with E-state index in [1.807, 2.05) is 24.5 Å². The van der Waals surface area contributed by atoms with Gasteiger partial charge < -0.3 is 15.4 Å². The Hall–Kier alpha value is -2.35. The lowest BCUT2D eigenvalue weighted by molar-refractivity contribution is -0.389. The van der Waals surface area contributed by atoms with E-state index in [1.54, 1.807) is 24.8 Å². The van der Waals surface area contributed by atoms with Gasteiger partial charge in [0.05, 0.1) is 16.9 Å². The highest BCUT2D eigenvalue weighted by atomic mass is 32.2. The fraction of sp³-hybridized carbons (Fsp3) is 0.231. The van der Waals surface area contributed by atoms with E-state index in [0.29, 0.717) is 11.4 Å². The van der Waals surface area contributed by atoms with Crippen molar-refractivity contribution in [1.29, 1.82) is 0 Å².